The maximum Gasteiger partial charge on any atom is 0.255 e. The Morgan fingerprint density at radius 1 is 1.23 bits per heavy atom. The highest BCUT2D eigenvalue weighted by molar-refractivity contribution is 7.80. The van der Waals surface area contributed by atoms with Crippen molar-refractivity contribution in [1.29, 1.82) is 0 Å². The van der Waals surface area contributed by atoms with Crippen LogP contribution in [0.15, 0.2) is 59.8 Å². The molecular weight excluding hydrogens is 353 g/mol. The third kappa shape index (κ3) is 3.67. The van der Waals surface area contributed by atoms with E-state index in [1.807, 2.05) is 0 Å². The minimum Gasteiger partial charge on any atom is -0.497 e. The zero-order chi connectivity index (χ0) is 18.7. The largest absolute Gasteiger partial charge is 0.497 e. The lowest BCUT2D eigenvalue weighted by atomic mass is 9.94. The smallest absolute Gasteiger partial charge is 0.255 e. The number of carbonyl (C=O) groups excluding carboxylic acids is 1. The first-order valence-corrected chi connectivity index (χ1v) is 8.38. The molecule has 1 heterocycles. The Hall–Kier alpha value is -2.93. The highest BCUT2D eigenvalue weighted by Gasteiger charge is 2.31. The second-order valence-corrected chi connectivity index (χ2v) is 6.19. The van der Waals surface area contributed by atoms with E-state index in [1.165, 1.54) is 6.07 Å². The number of halogens is 1. The number of methoxy groups -OCH3 is 1. The van der Waals surface area contributed by atoms with E-state index in [1.54, 1.807) is 56.5 Å². The van der Waals surface area contributed by atoms with E-state index in [2.05, 4.69) is 16.0 Å². The molecule has 0 fully saturated rings. The minimum absolute atomic E-state index is 0.341. The van der Waals surface area contributed by atoms with Gasteiger partial charge in [0.25, 0.3) is 5.91 Å². The highest BCUT2D eigenvalue weighted by atomic mass is 32.1. The zero-order valence-corrected chi connectivity index (χ0v) is 15.1. The van der Waals surface area contributed by atoms with Crippen molar-refractivity contribution in [2.24, 2.45) is 0 Å². The number of ether oxygens (including phenoxy) is 1. The third-order valence-corrected chi connectivity index (χ3v) is 4.28. The fourth-order valence-electron chi connectivity index (χ4n) is 2.84. The quantitative estimate of drug-likeness (QED) is 0.720. The number of anilines is 1. The normalized spacial score (nSPS) is 16.6. The van der Waals surface area contributed by atoms with Crippen molar-refractivity contribution >= 4 is 28.9 Å². The molecule has 2 aromatic rings. The van der Waals surface area contributed by atoms with Crippen LogP contribution in [-0.4, -0.2) is 18.1 Å². The number of rotatable bonds is 4. The number of nitrogens with one attached hydrogen (secondary N) is 3. The molecule has 1 aliphatic rings. The Balaban J connectivity index is 1.95. The van der Waals surface area contributed by atoms with E-state index in [-0.39, 0.29) is 5.91 Å². The van der Waals surface area contributed by atoms with E-state index in [9.17, 15) is 9.18 Å². The van der Waals surface area contributed by atoms with Gasteiger partial charge in [0.1, 0.15) is 11.6 Å². The van der Waals surface area contributed by atoms with Crippen LogP contribution in [0.2, 0.25) is 0 Å². The average molecular weight is 371 g/mol. The van der Waals surface area contributed by atoms with Crippen LogP contribution in [0, 0.1) is 5.82 Å². The van der Waals surface area contributed by atoms with Crippen LogP contribution in [0.3, 0.4) is 0 Å². The molecule has 0 saturated heterocycles. The predicted molar refractivity (Wildman–Crippen MR) is 102 cm³/mol. The number of carbonyl (C=O) groups is 1. The SMILES string of the molecule is COc1cccc(NC(=O)C2=C(C)NC(=S)NC2c2ccccc2F)c1. The van der Waals surface area contributed by atoms with Crippen LogP contribution in [0.25, 0.3) is 0 Å². The van der Waals surface area contributed by atoms with Crippen molar-refractivity contribution in [2.45, 2.75) is 13.0 Å². The van der Waals surface area contributed by atoms with Crippen LogP contribution in [-0.2, 0) is 4.79 Å². The maximum absolute atomic E-state index is 14.3. The molecule has 3 rings (SSSR count). The lowest BCUT2D eigenvalue weighted by molar-refractivity contribution is -0.113. The number of hydrogen-bond acceptors (Lipinski definition) is 3. The topological polar surface area (TPSA) is 62.4 Å². The molecule has 0 spiro atoms. The zero-order valence-electron chi connectivity index (χ0n) is 14.3. The first-order chi connectivity index (χ1) is 12.5. The molecule has 0 aromatic heterocycles. The van der Waals surface area contributed by atoms with Crippen molar-refractivity contribution in [3.8, 4) is 5.75 Å². The van der Waals surface area contributed by atoms with E-state index in [4.69, 9.17) is 17.0 Å². The van der Waals surface area contributed by atoms with E-state index < -0.39 is 11.9 Å². The summed E-state index contributed by atoms with van der Waals surface area (Å²) in [6.07, 6.45) is 0. The highest BCUT2D eigenvalue weighted by Crippen LogP contribution is 2.29. The Morgan fingerprint density at radius 2 is 2.00 bits per heavy atom. The second-order valence-electron chi connectivity index (χ2n) is 5.78. The summed E-state index contributed by atoms with van der Waals surface area (Å²) >= 11 is 5.18. The average Bonchev–Trinajstić information content (AvgIpc) is 2.61. The minimum atomic E-state index is -0.685. The van der Waals surface area contributed by atoms with Crippen LogP contribution < -0.4 is 20.7 Å². The molecule has 0 radical (unpaired) electrons. The summed E-state index contributed by atoms with van der Waals surface area (Å²) in [5.74, 6) is -0.138. The standard InChI is InChI=1S/C19H18FN3O2S/c1-11-16(18(24)22-12-6-5-7-13(10-12)25-2)17(23-19(26)21-11)14-8-3-4-9-15(14)20/h3-10,17H,1-2H3,(H,22,24)(H2,21,23,26). The van der Waals surface area contributed by atoms with E-state index in [0.717, 1.165) is 0 Å². The lowest BCUT2D eigenvalue weighted by Crippen LogP contribution is -2.46. The molecule has 1 atom stereocenters. The van der Waals surface area contributed by atoms with Crippen LogP contribution >= 0.6 is 12.2 Å². The van der Waals surface area contributed by atoms with E-state index in [0.29, 0.717) is 33.4 Å². The van der Waals surface area contributed by atoms with Gasteiger partial charge in [-0.25, -0.2) is 4.39 Å². The molecule has 0 saturated carbocycles. The van der Waals surface area contributed by atoms with Crippen molar-refractivity contribution < 1.29 is 13.9 Å². The number of allylic oxidation sites excluding steroid dienone is 1. The summed E-state index contributed by atoms with van der Waals surface area (Å²) in [6.45, 7) is 1.74. The third-order valence-electron chi connectivity index (χ3n) is 4.06. The molecule has 0 bridgehead atoms. The molecular formula is C19H18FN3O2S. The lowest BCUT2D eigenvalue weighted by Gasteiger charge is -2.30. The van der Waals surface area contributed by atoms with Crippen LogP contribution in [0.5, 0.6) is 5.75 Å². The molecule has 134 valence electrons. The molecule has 1 unspecified atom stereocenters. The molecule has 3 N–H and O–H groups in total. The number of amides is 1. The van der Waals surface area contributed by atoms with E-state index >= 15 is 0 Å². The molecule has 5 nitrogen and oxygen atoms in total. The summed E-state index contributed by atoms with van der Waals surface area (Å²) in [5, 5.41) is 9.08. The molecule has 0 aliphatic carbocycles. The molecule has 2 aromatic carbocycles. The number of thiocarbonyl (C=S) groups is 1. The summed E-state index contributed by atoms with van der Waals surface area (Å²) in [6, 6.07) is 12.6. The molecule has 7 heteroatoms. The van der Waals surface area contributed by atoms with Gasteiger partial charge in [-0.05, 0) is 37.3 Å². The summed E-state index contributed by atoms with van der Waals surface area (Å²) in [5.41, 5.74) is 1.87. The fraction of sp³-hybridized carbons (Fsp3) is 0.158. The van der Waals surface area contributed by atoms with Gasteiger partial charge in [-0.3, -0.25) is 4.79 Å². The second kappa shape index (κ2) is 7.53. The fourth-order valence-corrected chi connectivity index (χ4v) is 3.11. The Labute approximate surface area is 156 Å². The van der Waals surface area contributed by atoms with Crippen molar-refractivity contribution in [2.75, 3.05) is 12.4 Å². The number of hydrogen-bond donors (Lipinski definition) is 3. The van der Waals surface area contributed by atoms with Gasteiger partial charge in [0.2, 0.25) is 0 Å². The van der Waals surface area contributed by atoms with Gasteiger partial charge in [0, 0.05) is 23.0 Å². The van der Waals surface area contributed by atoms with Gasteiger partial charge < -0.3 is 20.7 Å². The van der Waals surface area contributed by atoms with Gasteiger partial charge >= 0.3 is 0 Å². The molecule has 26 heavy (non-hydrogen) atoms. The van der Waals surface area contributed by atoms with Gasteiger partial charge in [-0.15, -0.1) is 0 Å². The van der Waals surface area contributed by atoms with Gasteiger partial charge in [0.15, 0.2) is 5.11 Å². The Morgan fingerprint density at radius 3 is 2.73 bits per heavy atom. The van der Waals surface area contributed by atoms with Crippen LogP contribution in [0.4, 0.5) is 10.1 Å². The predicted octanol–water partition coefficient (Wildman–Crippen LogP) is 3.27. The van der Waals surface area contributed by atoms with Gasteiger partial charge in [-0.2, -0.15) is 0 Å². The molecule has 1 aliphatic heterocycles. The summed E-state index contributed by atoms with van der Waals surface area (Å²) in [4.78, 5) is 12.9. The monoisotopic (exact) mass is 371 g/mol. The summed E-state index contributed by atoms with van der Waals surface area (Å²) in [7, 11) is 1.55. The first kappa shape index (κ1) is 17.9. The van der Waals surface area contributed by atoms with Gasteiger partial charge in [0.05, 0.1) is 18.7 Å². The van der Waals surface area contributed by atoms with Crippen molar-refractivity contribution in [3.05, 3.63) is 71.2 Å². The Bertz CT molecular complexity index is 898. The first-order valence-electron chi connectivity index (χ1n) is 7.97. The maximum atomic E-state index is 14.3. The Kier molecular flexibility index (Phi) is 5.18. The van der Waals surface area contributed by atoms with Crippen LogP contribution in [0.1, 0.15) is 18.5 Å². The molecule has 1 amide bonds. The van der Waals surface area contributed by atoms with Crippen molar-refractivity contribution in [3.63, 3.8) is 0 Å². The summed E-state index contributed by atoms with van der Waals surface area (Å²) < 4.78 is 19.5. The van der Waals surface area contributed by atoms with Gasteiger partial charge in [-0.1, -0.05) is 24.3 Å². The van der Waals surface area contributed by atoms with Crippen molar-refractivity contribution in [1.82, 2.24) is 10.6 Å². The number of benzene rings is 2.